The lowest BCUT2D eigenvalue weighted by Crippen LogP contribution is -2.24. The number of nitrogens with zero attached hydrogens (tertiary/aromatic N) is 5. The summed E-state index contributed by atoms with van der Waals surface area (Å²) in [7, 11) is 0. The van der Waals surface area contributed by atoms with E-state index in [9.17, 15) is 4.79 Å². The average molecular weight is 310 g/mol. The topological polar surface area (TPSA) is 98.7 Å². The summed E-state index contributed by atoms with van der Waals surface area (Å²) in [6.45, 7) is 0.165. The second kappa shape index (κ2) is 5.64. The zero-order valence-electron chi connectivity index (χ0n) is 12.2. The van der Waals surface area contributed by atoms with E-state index in [0.717, 1.165) is 18.5 Å². The number of aromatic nitrogens is 5. The highest BCUT2D eigenvalue weighted by Gasteiger charge is 2.29. The number of carbonyl (C=O) groups is 1. The Labute approximate surface area is 131 Å². The van der Waals surface area contributed by atoms with Gasteiger partial charge in [-0.2, -0.15) is 0 Å². The van der Waals surface area contributed by atoms with Crippen LogP contribution in [0, 0.1) is 0 Å². The quantitative estimate of drug-likeness (QED) is 0.766. The summed E-state index contributed by atoms with van der Waals surface area (Å²) in [4.78, 5) is 16.1. The van der Waals surface area contributed by atoms with Crippen LogP contribution in [0.2, 0.25) is 0 Å². The molecule has 1 aliphatic rings. The second-order valence-corrected chi connectivity index (χ2v) is 5.34. The first kappa shape index (κ1) is 13.6. The highest BCUT2D eigenvalue weighted by atomic mass is 16.4. The first-order chi connectivity index (χ1) is 11.3. The highest BCUT2D eigenvalue weighted by Crippen LogP contribution is 2.38. The molecule has 1 saturated carbocycles. The van der Waals surface area contributed by atoms with Gasteiger partial charge >= 0.3 is 0 Å². The average Bonchev–Trinajstić information content (AvgIpc) is 3.14. The fourth-order valence-electron chi connectivity index (χ4n) is 2.14. The molecule has 0 aliphatic heterocycles. The molecule has 0 spiro atoms. The Hall–Kier alpha value is -3.03. The molecule has 1 fully saturated rings. The molecular formula is C15H14N6O2. The van der Waals surface area contributed by atoms with Crippen molar-refractivity contribution in [3.8, 4) is 5.69 Å². The summed E-state index contributed by atoms with van der Waals surface area (Å²) >= 11 is 0. The molecule has 0 bridgehead atoms. The van der Waals surface area contributed by atoms with Crippen LogP contribution < -0.4 is 5.32 Å². The van der Waals surface area contributed by atoms with Crippen molar-refractivity contribution in [2.75, 3.05) is 0 Å². The number of rotatable bonds is 5. The predicted molar refractivity (Wildman–Crippen MR) is 78.8 cm³/mol. The standard InChI is InChI=1S/C15H14N6O2/c22-14(16-8-12-18-19-15(23-12)10-6-7-10)13-17-9-21(20-13)11-4-2-1-3-5-11/h1-5,9-10H,6-8H2,(H,16,22). The van der Waals surface area contributed by atoms with Crippen molar-refractivity contribution in [1.82, 2.24) is 30.3 Å². The van der Waals surface area contributed by atoms with Gasteiger partial charge in [0, 0.05) is 5.92 Å². The maximum Gasteiger partial charge on any atom is 0.291 e. The Morgan fingerprint density at radius 3 is 2.87 bits per heavy atom. The third kappa shape index (κ3) is 2.96. The smallest absolute Gasteiger partial charge is 0.291 e. The van der Waals surface area contributed by atoms with Crippen molar-refractivity contribution < 1.29 is 9.21 Å². The molecule has 0 saturated heterocycles. The molecule has 116 valence electrons. The van der Waals surface area contributed by atoms with Crippen molar-refractivity contribution >= 4 is 5.91 Å². The van der Waals surface area contributed by atoms with Gasteiger partial charge in [-0.3, -0.25) is 4.79 Å². The molecule has 0 atom stereocenters. The summed E-state index contributed by atoms with van der Waals surface area (Å²) < 4.78 is 7.03. The summed E-state index contributed by atoms with van der Waals surface area (Å²) in [5.41, 5.74) is 0.838. The van der Waals surface area contributed by atoms with Gasteiger partial charge in [0.2, 0.25) is 17.6 Å². The van der Waals surface area contributed by atoms with Gasteiger partial charge in [-0.15, -0.1) is 15.3 Å². The molecule has 8 heteroatoms. The Kier molecular flexibility index (Phi) is 3.34. The van der Waals surface area contributed by atoms with Gasteiger partial charge in [0.1, 0.15) is 6.33 Å². The number of carbonyl (C=O) groups excluding carboxylic acids is 1. The third-order valence-electron chi connectivity index (χ3n) is 3.52. The molecule has 23 heavy (non-hydrogen) atoms. The molecule has 1 aromatic carbocycles. The summed E-state index contributed by atoms with van der Waals surface area (Å²) in [5.74, 6) is 1.15. The number of benzene rings is 1. The molecule has 2 heterocycles. The van der Waals surface area contributed by atoms with Gasteiger partial charge in [-0.25, -0.2) is 9.67 Å². The SMILES string of the molecule is O=C(NCc1nnc(C2CC2)o1)c1ncn(-c2ccccc2)n1. The normalized spacial score (nSPS) is 13.9. The molecule has 2 aromatic heterocycles. The van der Waals surface area contributed by atoms with Gasteiger partial charge in [0.25, 0.3) is 5.91 Å². The Balaban J connectivity index is 1.39. The van der Waals surface area contributed by atoms with E-state index in [1.165, 1.54) is 6.33 Å². The highest BCUT2D eigenvalue weighted by molar-refractivity contribution is 5.90. The van der Waals surface area contributed by atoms with Crippen molar-refractivity contribution in [3.05, 3.63) is 54.3 Å². The van der Waals surface area contributed by atoms with Crippen molar-refractivity contribution in [1.29, 1.82) is 0 Å². The molecule has 3 aromatic rings. The van der Waals surface area contributed by atoms with Crippen LogP contribution in [0.15, 0.2) is 41.1 Å². The minimum atomic E-state index is -0.383. The largest absolute Gasteiger partial charge is 0.423 e. The molecule has 1 N–H and O–H groups in total. The Morgan fingerprint density at radius 1 is 1.26 bits per heavy atom. The molecule has 1 amide bonds. The Bertz CT molecular complexity index is 821. The van der Waals surface area contributed by atoms with E-state index in [4.69, 9.17) is 4.42 Å². The van der Waals surface area contributed by atoms with Gasteiger partial charge in [-0.1, -0.05) is 18.2 Å². The van der Waals surface area contributed by atoms with Crippen LogP contribution in [-0.4, -0.2) is 30.9 Å². The van der Waals surface area contributed by atoms with Crippen LogP contribution >= 0.6 is 0 Å². The third-order valence-corrected chi connectivity index (χ3v) is 3.52. The van der Waals surface area contributed by atoms with E-state index in [-0.39, 0.29) is 18.3 Å². The summed E-state index contributed by atoms with van der Waals surface area (Å²) in [5, 5.41) is 14.7. The lowest BCUT2D eigenvalue weighted by molar-refractivity contribution is 0.0936. The fraction of sp³-hybridized carbons (Fsp3) is 0.267. The predicted octanol–water partition coefficient (Wildman–Crippen LogP) is 1.46. The minimum Gasteiger partial charge on any atom is -0.423 e. The molecule has 0 radical (unpaired) electrons. The van der Waals surface area contributed by atoms with Crippen molar-refractivity contribution in [2.45, 2.75) is 25.3 Å². The van der Waals surface area contributed by atoms with E-state index in [1.54, 1.807) is 4.68 Å². The van der Waals surface area contributed by atoms with Gasteiger partial charge in [0.15, 0.2) is 0 Å². The van der Waals surface area contributed by atoms with Crippen LogP contribution in [0.4, 0.5) is 0 Å². The number of para-hydroxylation sites is 1. The van der Waals surface area contributed by atoms with Gasteiger partial charge < -0.3 is 9.73 Å². The van der Waals surface area contributed by atoms with Crippen molar-refractivity contribution in [2.24, 2.45) is 0 Å². The van der Waals surface area contributed by atoms with Crippen LogP contribution in [0.1, 0.15) is 41.2 Å². The van der Waals surface area contributed by atoms with Crippen molar-refractivity contribution in [3.63, 3.8) is 0 Å². The monoisotopic (exact) mass is 310 g/mol. The molecule has 1 aliphatic carbocycles. The lowest BCUT2D eigenvalue weighted by atomic mass is 10.3. The summed E-state index contributed by atoms with van der Waals surface area (Å²) in [6.07, 6.45) is 3.69. The Morgan fingerprint density at radius 2 is 2.09 bits per heavy atom. The van der Waals surface area contributed by atoms with E-state index < -0.39 is 0 Å². The van der Waals surface area contributed by atoms with Crippen LogP contribution in [0.5, 0.6) is 0 Å². The van der Waals surface area contributed by atoms with Crippen LogP contribution in [0.3, 0.4) is 0 Å². The van der Waals surface area contributed by atoms with E-state index in [2.05, 4.69) is 25.6 Å². The van der Waals surface area contributed by atoms with Crippen LogP contribution in [-0.2, 0) is 6.54 Å². The molecular weight excluding hydrogens is 296 g/mol. The molecule has 8 nitrogen and oxygen atoms in total. The first-order valence-electron chi connectivity index (χ1n) is 7.37. The molecule has 4 rings (SSSR count). The van der Waals surface area contributed by atoms with Gasteiger partial charge in [0.05, 0.1) is 12.2 Å². The van der Waals surface area contributed by atoms with E-state index in [1.807, 2.05) is 30.3 Å². The maximum atomic E-state index is 12.1. The number of hydrogen-bond donors (Lipinski definition) is 1. The maximum absolute atomic E-state index is 12.1. The lowest BCUT2D eigenvalue weighted by Gasteiger charge is -1.99. The van der Waals surface area contributed by atoms with Gasteiger partial charge in [-0.05, 0) is 25.0 Å². The second-order valence-electron chi connectivity index (χ2n) is 5.34. The number of nitrogens with one attached hydrogen (secondary N) is 1. The summed E-state index contributed by atoms with van der Waals surface area (Å²) in [6, 6.07) is 9.46. The first-order valence-corrected chi connectivity index (χ1v) is 7.37. The van der Waals surface area contributed by atoms with Crippen LogP contribution in [0.25, 0.3) is 5.69 Å². The van der Waals surface area contributed by atoms with E-state index >= 15 is 0 Å². The van der Waals surface area contributed by atoms with E-state index in [0.29, 0.717) is 17.7 Å². The molecule has 0 unspecified atom stereocenters. The number of hydrogen-bond acceptors (Lipinski definition) is 6. The zero-order valence-corrected chi connectivity index (χ0v) is 12.2. The fourth-order valence-corrected chi connectivity index (χ4v) is 2.14. The zero-order chi connectivity index (χ0) is 15.6. The minimum absolute atomic E-state index is 0.0933. The number of amides is 1.